The number of amides is 1. The van der Waals surface area contributed by atoms with E-state index in [0.29, 0.717) is 12.1 Å². The van der Waals surface area contributed by atoms with Crippen LogP contribution in [0.25, 0.3) is 11.0 Å². The summed E-state index contributed by atoms with van der Waals surface area (Å²) in [5.74, 6) is -1.35. The molecule has 0 saturated carbocycles. The first-order valence-corrected chi connectivity index (χ1v) is 6.83. The molecule has 10 heteroatoms. The minimum Gasteiger partial charge on any atom is -0.351 e. The van der Waals surface area contributed by atoms with Gasteiger partial charge in [0.25, 0.3) is 5.91 Å². The second kappa shape index (κ2) is 8.55. The third-order valence-corrected chi connectivity index (χ3v) is 3.15. The lowest BCUT2D eigenvalue weighted by molar-refractivity contribution is -0.147. The summed E-state index contributed by atoms with van der Waals surface area (Å²) in [7, 11) is 0. The Morgan fingerprint density at radius 1 is 1.33 bits per heavy atom. The van der Waals surface area contributed by atoms with Gasteiger partial charge in [-0.3, -0.25) is 4.79 Å². The average molecular weight is 387 g/mol. The van der Waals surface area contributed by atoms with Gasteiger partial charge in [0.1, 0.15) is 0 Å². The van der Waals surface area contributed by atoms with Crippen LogP contribution in [0, 0.1) is 0 Å². The Bertz CT molecular complexity index is 701. The Balaban J connectivity index is 0.00000264. The number of alkyl halides is 3. The molecule has 2 rings (SSSR count). The van der Waals surface area contributed by atoms with Crippen LogP contribution in [-0.2, 0) is 6.18 Å². The molecule has 0 fully saturated rings. The van der Waals surface area contributed by atoms with E-state index < -0.39 is 18.0 Å². The number of hydrogen-bond donors (Lipinski definition) is 2. The lowest BCUT2D eigenvalue weighted by Crippen LogP contribution is -2.28. The van der Waals surface area contributed by atoms with Crippen LogP contribution in [0.2, 0.25) is 0 Å². The van der Waals surface area contributed by atoms with Crippen LogP contribution in [-0.4, -0.2) is 28.5 Å². The number of carbonyl (C=O) groups excluding carboxylic acids is 1. The minimum atomic E-state index is -4.55. The van der Waals surface area contributed by atoms with Gasteiger partial charge in [-0.15, -0.1) is 24.8 Å². The van der Waals surface area contributed by atoms with Crippen LogP contribution in [0.5, 0.6) is 0 Å². The molecule has 136 valence electrons. The zero-order chi connectivity index (χ0) is 16.5. The van der Waals surface area contributed by atoms with Gasteiger partial charge in [0, 0.05) is 24.7 Å². The number of imidazole rings is 1. The van der Waals surface area contributed by atoms with Gasteiger partial charge in [-0.1, -0.05) is 0 Å². The first kappa shape index (κ1) is 22.5. The number of carbonyl (C=O) groups is 1. The molecule has 0 saturated heterocycles. The number of nitrogens with zero attached hydrogens (tertiary/aromatic N) is 2. The third-order valence-electron chi connectivity index (χ3n) is 3.15. The van der Waals surface area contributed by atoms with Crippen molar-refractivity contribution in [3.8, 4) is 0 Å². The van der Waals surface area contributed by atoms with Crippen LogP contribution < -0.4 is 11.1 Å². The topological polar surface area (TPSA) is 72.9 Å². The van der Waals surface area contributed by atoms with Crippen molar-refractivity contribution in [3.05, 3.63) is 29.6 Å². The van der Waals surface area contributed by atoms with Crippen LogP contribution in [0.15, 0.2) is 18.2 Å². The molecule has 2 aromatic rings. The van der Waals surface area contributed by atoms with Crippen molar-refractivity contribution in [3.63, 3.8) is 0 Å². The molecule has 1 heterocycles. The number of nitrogens with one attached hydrogen (secondary N) is 1. The number of aromatic nitrogens is 2. The summed E-state index contributed by atoms with van der Waals surface area (Å²) in [4.78, 5) is 15.5. The van der Waals surface area contributed by atoms with Crippen LogP contribution in [0.1, 0.15) is 36.1 Å². The zero-order valence-corrected chi connectivity index (χ0v) is 14.7. The Morgan fingerprint density at radius 3 is 2.46 bits per heavy atom. The lowest BCUT2D eigenvalue weighted by atomic mass is 10.2. The van der Waals surface area contributed by atoms with Gasteiger partial charge in [-0.05, 0) is 32.0 Å². The van der Waals surface area contributed by atoms with Crippen molar-refractivity contribution in [1.82, 2.24) is 14.9 Å². The minimum absolute atomic E-state index is 0. The number of nitrogens with two attached hydrogens (primary N) is 1. The fourth-order valence-corrected chi connectivity index (χ4v) is 2.25. The van der Waals surface area contributed by atoms with Gasteiger partial charge < -0.3 is 15.6 Å². The summed E-state index contributed by atoms with van der Waals surface area (Å²) in [5, 5.41) is 2.57. The molecule has 3 N–H and O–H groups in total. The summed E-state index contributed by atoms with van der Waals surface area (Å²) in [6, 6.07) is 3.91. The lowest BCUT2D eigenvalue weighted by Gasteiger charge is -2.14. The number of halogens is 5. The standard InChI is InChI=1S/C14H17F3N4O.2ClH/c1-8(2)21-11-4-3-9(12(22)19-6-5-18)7-10(11)20-13(21)14(15,16)17;;/h3-4,7-8H,5-6,18H2,1-2H3,(H,19,22);2*1H. The molecule has 0 bridgehead atoms. The first-order valence-electron chi connectivity index (χ1n) is 6.83. The maximum Gasteiger partial charge on any atom is 0.449 e. The zero-order valence-electron chi connectivity index (χ0n) is 13.1. The van der Waals surface area contributed by atoms with E-state index in [9.17, 15) is 18.0 Å². The molecule has 0 atom stereocenters. The van der Waals surface area contributed by atoms with Gasteiger partial charge in [0.2, 0.25) is 5.82 Å². The summed E-state index contributed by atoms with van der Waals surface area (Å²) < 4.78 is 40.4. The fraction of sp³-hybridized carbons (Fsp3) is 0.429. The predicted octanol–water partition coefficient (Wildman–Crippen LogP) is 3.17. The molecule has 0 radical (unpaired) electrons. The molecule has 1 amide bonds. The monoisotopic (exact) mass is 386 g/mol. The highest BCUT2D eigenvalue weighted by Gasteiger charge is 2.38. The molecular formula is C14H19Cl2F3N4O. The van der Waals surface area contributed by atoms with E-state index in [1.807, 2.05) is 0 Å². The number of fused-ring (bicyclic) bond motifs is 1. The maximum atomic E-state index is 13.1. The number of benzene rings is 1. The largest absolute Gasteiger partial charge is 0.449 e. The van der Waals surface area contributed by atoms with E-state index >= 15 is 0 Å². The number of rotatable bonds is 4. The van der Waals surface area contributed by atoms with Gasteiger partial charge in [0.15, 0.2) is 0 Å². The summed E-state index contributed by atoms with van der Waals surface area (Å²) in [6.45, 7) is 3.88. The molecule has 24 heavy (non-hydrogen) atoms. The van der Waals surface area contributed by atoms with E-state index in [-0.39, 0.29) is 48.3 Å². The Hall–Kier alpha value is -1.51. The molecule has 1 aromatic carbocycles. The van der Waals surface area contributed by atoms with E-state index in [1.165, 1.54) is 18.2 Å². The molecule has 0 spiro atoms. The average Bonchev–Trinajstić information content (AvgIpc) is 2.83. The van der Waals surface area contributed by atoms with Crippen molar-refractivity contribution in [1.29, 1.82) is 0 Å². The van der Waals surface area contributed by atoms with Crippen LogP contribution >= 0.6 is 24.8 Å². The van der Waals surface area contributed by atoms with E-state index in [2.05, 4.69) is 10.3 Å². The van der Waals surface area contributed by atoms with E-state index in [1.54, 1.807) is 13.8 Å². The van der Waals surface area contributed by atoms with E-state index in [4.69, 9.17) is 5.73 Å². The normalized spacial score (nSPS) is 11.1. The first-order chi connectivity index (χ1) is 10.3. The molecule has 0 aliphatic carbocycles. The highest BCUT2D eigenvalue weighted by Crippen LogP contribution is 2.33. The van der Waals surface area contributed by atoms with Crippen LogP contribution in [0.3, 0.4) is 0 Å². The molecule has 5 nitrogen and oxygen atoms in total. The van der Waals surface area contributed by atoms with Crippen LogP contribution in [0.4, 0.5) is 13.2 Å². The van der Waals surface area contributed by atoms with Crippen molar-refractivity contribution in [2.24, 2.45) is 5.73 Å². The third kappa shape index (κ3) is 4.52. The second-order valence-corrected chi connectivity index (χ2v) is 5.14. The van der Waals surface area contributed by atoms with Crippen molar-refractivity contribution < 1.29 is 18.0 Å². The highest BCUT2D eigenvalue weighted by atomic mass is 35.5. The SMILES string of the molecule is CC(C)n1c(C(F)(F)F)nc2cc(C(=O)NCCN)ccc21.Cl.Cl. The Kier molecular flexibility index (Phi) is 8.01. The highest BCUT2D eigenvalue weighted by molar-refractivity contribution is 5.97. The molecule has 0 aliphatic heterocycles. The maximum absolute atomic E-state index is 13.1. The number of hydrogen-bond acceptors (Lipinski definition) is 3. The molecule has 0 aliphatic rings. The molecule has 0 unspecified atom stereocenters. The van der Waals surface area contributed by atoms with Gasteiger partial charge >= 0.3 is 6.18 Å². The predicted molar refractivity (Wildman–Crippen MR) is 91.0 cm³/mol. The van der Waals surface area contributed by atoms with Crippen molar-refractivity contribution in [2.45, 2.75) is 26.1 Å². The molecule has 1 aromatic heterocycles. The quantitative estimate of drug-likeness (QED) is 0.847. The Morgan fingerprint density at radius 2 is 1.96 bits per heavy atom. The van der Waals surface area contributed by atoms with Crippen molar-refractivity contribution >= 4 is 41.8 Å². The van der Waals surface area contributed by atoms with E-state index in [0.717, 1.165) is 4.57 Å². The van der Waals surface area contributed by atoms with Gasteiger partial charge in [-0.2, -0.15) is 13.2 Å². The molecular weight excluding hydrogens is 368 g/mol. The second-order valence-electron chi connectivity index (χ2n) is 5.14. The summed E-state index contributed by atoms with van der Waals surface area (Å²) in [6.07, 6.45) is -4.55. The summed E-state index contributed by atoms with van der Waals surface area (Å²) in [5.41, 5.74) is 6.03. The summed E-state index contributed by atoms with van der Waals surface area (Å²) >= 11 is 0. The van der Waals surface area contributed by atoms with Gasteiger partial charge in [0.05, 0.1) is 11.0 Å². The van der Waals surface area contributed by atoms with Gasteiger partial charge in [-0.25, -0.2) is 4.98 Å². The smallest absolute Gasteiger partial charge is 0.351 e. The van der Waals surface area contributed by atoms with Crippen molar-refractivity contribution in [2.75, 3.05) is 13.1 Å². The fourth-order valence-electron chi connectivity index (χ4n) is 2.25. The Labute approximate surface area is 149 Å².